The number of likely N-dealkylation sites (N-methyl/N-ethyl adjacent to an activating group) is 1. The standard InChI is InChI=1S/C15H27N3O/c1-3-18(4-2)15(9-5-6-10-15)14(17-16)12-13-8-7-11-19-13/h7-8,11,14,17H,3-6,9-10,12,16H2,1-2H3. The minimum Gasteiger partial charge on any atom is -0.469 e. The van der Waals surface area contributed by atoms with E-state index in [1.165, 1.54) is 25.7 Å². The van der Waals surface area contributed by atoms with Crippen LogP contribution in [-0.4, -0.2) is 29.6 Å². The molecule has 19 heavy (non-hydrogen) atoms. The van der Waals surface area contributed by atoms with Gasteiger partial charge in [-0.05, 0) is 38.1 Å². The van der Waals surface area contributed by atoms with Crippen LogP contribution in [0, 0.1) is 0 Å². The second kappa shape index (κ2) is 6.55. The summed E-state index contributed by atoms with van der Waals surface area (Å²) in [4.78, 5) is 2.58. The van der Waals surface area contributed by atoms with Crippen LogP contribution in [0.1, 0.15) is 45.3 Å². The number of nitrogens with zero attached hydrogens (tertiary/aromatic N) is 1. The van der Waals surface area contributed by atoms with Crippen LogP contribution >= 0.6 is 0 Å². The summed E-state index contributed by atoms with van der Waals surface area (Å²) in [5.74, 6) is 6.90. The Morgan fingerprint density at radius 2 is 2.05 bits per heavy atom. The maximum absolute atomic E-state index is 5.88. The molecule has 1 aliphatic carbocycles. The molecule has 1 aromatic heterocycles. The maximum atomic E-state index is 5.88. The van der Waals surface area contributed by atoms with Gasteiger partial charge in [-0.2, -0.15) is 0 Å². The van der Waals surface area contributed by atoms with Crippen molar-refractivity contribution in [3.63, 3.8) is 0 Å². The lowest BCUT2D eigenvalue weighted by molar-refractivity contribution is 0.0610. The highest BCUT2D eigenvalue weighted by Crippen LogP contribution is 2.39. The van der Waals surface area contributed by atoms with Crippen LogP contribution in [0.2, 0.25) is 0 Å². The molecule has 3 N–H and O–H groups in total. The van der Waals surface area contributed by atoms with E-state index in [1.54, 1.807) is 6.26 Å². The first-order valence-electron chi connectivity index (χ1n) is 7.50. The monoisotopic (exact) mass is 265 g/mol. The second-order valence-corrected chi connectivity index (χ2v) is 5.49. The Bertz CT molecular complexity index is 353. The van der Waals surface area contributed by atoms with E-state index in [4.69, 9.17) is 10.3 Å². The lowest BCUT2D eigenvalue weighted by Crippen LogP contribution is -2.62. The molecule has 1 aromatic rings. The molecule has 4 nitrogen and oxygen atoms in total. The SMILES string of the molecule is CCN(CC)C1(C(Cc2ccco2)NN)CCCC1. The van der Waals surface area contributed by atoms with Crippen molar-refractivity contribution in [1.82, 2.24) is 10.3 Å². The summed E-state index contributed by atoms with van der Waals surface area (Å²) in [5.41, 5.74) is 3.26. The molecule has 4 heteroatoms. The Hall–Kier alpha value is -0.840. The molecule has 108 valence electrons. The molecule has 0 saturated heterocycles. The van der Waals surface area contributed by atoms with E-state index in [0.29, 0.717) is 0 Å². The van der Waals surface area contributed by atoms with Gasteiger partial charge in [0.2, 0.25) is 0 Å². The smallest absolute Gasteiger partial charge is 0.105 e. The molecule has 0 radical (unpaired) electrons. The quantitative estimate of drug-likeness (QED) is 0.587. The van der Waals surface area contributed by atoms with Crippen molar-refractivity contribution in [3.8, 4) is 0 Å². The number of hydrogen-bond donors (Lipinski definition) is 2. The first-order chi connectivity index (χ1) is 9.26. The second-order valence-electron chi connectivity index (χ2n) is 5.49. The number of hydrogen-bond acceptors (Lipinski definition) is 4. The van der Waals surface area contributed by atoms with Crippen molar-refractivity contribution in [2.24, 2.45) is 5.84 Å². The van der Waals surface area contributed by atoms with Gasteiger partial charge in [0.05, 0.1) is 6.26 Å². The molecule has 1 saturated carbocycles. The highest BCUT2D eigenvalue weighted by atomic mass is 16.3. The van der Waals surface area contributed by atoms with Crippen molar-refractivity contribution in [2.75, 3.05) is 13.1 Å². The zero-order valence-electron chi connectivity index (χ0n) is 12.2. The fourth-order valence-electron chi connectivity index (χ4n) is 3.76. The first kappa shape index (κ1) is 14.6. The predicted molar refractivity (Wildman–Crippen MR) is 77.6 cm³/mol. The molecule has 1 fully saturated rings. The number of nitrogens with two attached hydrogens (primary N) is 1. The normalized spacial score (nSPS) is 20.0. The molecule has 0 aromatic carbocycles. The number of hydrazine groups is 1. The number of nitrogens with one attached hydrogen (secondary N) is 1. The van der Waals surface area contributed by atoms with E-state index < -0.39 is 0 Å². The van der Waals surface area contributed by atoms with Gasteiger partial charge in [-0.25, -0.2) is 0 Å². The third-order valence-electron chi connectivity index (χ3n) is 4.70. The van der Waals surface area contributed by atoms with E-state index in [-0.39, 0.29) is 11.6 Å². The summed E-state index contributed by atoms with van der Waals surface area (Å²) in [7, 11) is 0. The van der Waals surface area contributed by atoms with Gasteiger partial charge in [-0.15, -0.1) is 0 Å². The lowest BCUT2D eigenvalue weighted by atomic mass is 9.83. The van der Waals surface area contributed by atoms with Crippen LogP contribution in [-0.2, 0) is 6.42 Å². The van der Waals surface area contributed by atoms with Crippen molar-refractivity contribution in [3.05, 3.63) is 24.2 Å². The van der Waals surface area contributed by atoms with Crippen LogP contribution in [0.3, 0.4) is 0 Å². The Labute approximate surface area is 116 Å². The molecule has 0 bridgehead atoms. The van der Waals surface area contributed by atoms with E-state index in [1.807, 2.05) is 12.1 Å². The van der Waals surface area contributed by atoms with E-state index in [2.05, 4.69) is 24.2 Å². The summed E-state index contributed by atoms with van der Waals surface area (Å²) < 4.78 is 5.50. The molecule has 1 unspecified atom stereocenters. The van der Waals surface area contributed by atoms with Gasteiger partial charge in [0.1, 0.15) is 5.76 Å². The first-order valence-corrected chi connectivity index (χ1v) is 7.50. The number of rotatable bonds is 7. The highest BCUT2D eigenvalue weighted by Gasteiger charge is 2.44. The Balaban J connectivity index is 2.20. The van der Waals surface area contributed by atoms with Crippen molar-refractivity contribution >= 4 is 0 Å². The lowest BCUT2D eigenvalue weighted by Gasteiger charge is -2.45. The zero-order valence-corrected chi connectivity index (χ0v) is 12.2. The van der Waals surface area contributed by atoms with Gasteiger partial charge in [0.25, 0.3) is 0 Å². The summed E-state index contributed by atoms with van der Waals surface area (Å²) in [6.07, 6.45) is 7.65. The van der Waals surface area contributed by atoms with Crippen molar-refractivity contribution in [2.45, 2.75) is 57.5 Å². The molecular formula is C15H27N3O. The van der Waals surface area contributed by atoms with Gasteiger partial charge >= 0.3 is 0 Å². The van der Waals surface area contributed by atoms with Crippen molar-refractivity contribution < 1.29 is 4.42 Å². The average Bonchev–Trinajstić information content (AvgIpc) is 3.09. The van der Waals surface area contributed by atoms with Crippen LogP contribution in [0.5, 0.6) is 0 Å². The van der Waals surface area contributed by atoms with Crippen LogP contribution < -0.4 is 11.3 Å². The van der Waals surface area contributed by atoms with Crippen LogP contribution in [0.4, 0.5) is 0 Å². The molecule has 1 heterocycles. The van der Waals surface area contributed by atoms with Gasteiger partial charge in [-0.1, -0.05) is 26.7 Å². The molecule has 1 aliphatic rings. The van der Waals surface area contributed by atoms with Crippen LogP contribution in [0.15, 0.2) is 22.8 Å². The third-order valence-corrected chi connectivity index (χ3v) is 4.70. The fraction of sp³-hybridized carbons (Fsp3) is 0.733. The summed E-state index contributed by atoms with van der Waals surface area (Å²) in [5, 5.41) is 0. The zero-order chi connectivity index (χ0) is 13.7. The van der Waals surface area contributed by atoms with Crippen LogP contribution in [0.25, 0.3) is 0 Å². The minimum atomic E-state index is 0.186. The number of furan rings is 1. The van der Waals surface area contributed by atoms with Gasteiger partial charge in [-0.3, -0.25) is 16.2 Å². The summed E-state index contributed by atoms with van der Waals surface area (Å²) in [6, 6.07) is 4.23. The van der Waals surface area contributed by atoms with Gasteiger partial charge in [0, 0.05) is 18.0 Å². The van der Waals surface area contributed by atoms with Gasteiger partial charge in [0.15, 0.2) is 0 Å². The van der Waals surface area contributed by atoms with E-state index in [9.17, 15) is 0 Å². The van der Waals surface area contributed by atoms with Gasteiger partial charge < -0.3 is 4.42 Å². The van der Waals surface area contributed by atoms with E-state index in [0.717, 1.165) is 25.3 Å². The summed E-state index contributed by atoms with van der Waals surface area (Å²) in [6.45, 7) is 6.63. The molecule has 2 rings (SSSR count). The highest BCUT2D eigenvalue weighted by molar-refractivity contribution is 5.09. The molecule has 1 atom stereocenters. The molecule has 0 aliphatic heterocycles. The Morgan fingerprint density at radius 1 is 1.37 bits per heavy atom. The summed E-state index contributed by atoms with van der Waals surface area (Å²) >= 11 is 0. The Morgan fingerprint density at radius 3 is 2.53 bits per heavy atom. The average molecular weight is 265 g/mol. The van der Waals surface area contributed by atoms with E-state index >= 15 is 0 Å². The Kier molecular flexibility index (Phi) is 5.02. The maximum Gasteiger partial charge on any atom is 0.105 e. The largest absolute Gasteiger partial charge is 0.469 e. The fourth-order valence-corrected chi connectivity index (χ4v) is 3.76. The van der Waals surface area contributed by atoms with Crippen molar-refractivity contribution in [1.29, 1.82) is 0 Å². The molecular weight excluding hydrogens is 238 g/mol. The topological polar surface area (TPSA) is 54.4 Å². The third kappa shape index (κ3) is 2.86. The molecule has 0 amide bonds. The minimum absolute atomic E-state index is 0.186. The predicted octanol–water partition coefficient (Wildman–Crippen LogP) is 2.31. The molecule has 0 spiro atoms.